The van der Waals surface area contributed by atoms with Gasteiger partial charge < -0.3 is 26.4 Å². The van der Waals surface area contributed by atoms with Crippen LogP contribution in [0.5, 0.6) is 0 Å². The maximum atomic E-state index is 12.2. The largest absolute Gasteiger partial charge is 0.497 e. The number of carbonyl (C=O) groups is 1. The summed E-state index contributed by atoms with van der Waals surface area (Å²) in [4.78, 5) is 12.2. The molecule has 0 saturated carbocycles. The Balaban J connectivity index is 1.44. The highest BCUT2D eigenvalue weighted by atomic mass is 16.5. The van der Waals surface area contributed by atoms with Gasteiger partial charge >= 0.3 is 0 Å². The van der Waals surface area contributed by atoms with Crippen molar-refractivity contribution in [3.63, 3.8) is 0 Å². The van der Waals surface area contributed by atoms with Gasteiger partial charge in [0.25, 0.3) is 0 Å². The molecular weight excluding hydrogens is 370 g/mol. The third-order valence-electron chi connectivity index (χ3n) is 5.54. The molecule has 1 amide bonds. The zero-order valence-electron chi connectivity index (χ0n) is 16.5. The average Bonchev–Trinajstić information content (AvgIpc) is 3.28. The highest BCUT2D eigenvalue weighted by Crippen LogP contribution is 2.34. The van der Waals surface area contributed by atoms with E-state index in [0.29, 0.717) is 51.1 Å². The molecule has 8 nitrogen and oxygen atoms in total. The van der Waals surface area contributed by atoms with Gasteiger partial charge in [-0.2, -0.15) is 5.10 Å². The first kappa shape index (κ1) is 21.0. The summed E-state index contributed by atoms with van der Waals surface area (Å²) in [5, 5.41) is 16.3. The highest BCUT2D eigenvalue weighted by molar-refractivity contribution is 5.81. The summed E-state index contributed by atoms with van der Waals surface area (Å²) in [7, 11) is 0. The number of hydrogen-bond donors (Lipinski definition) is 5. The minimum absolute atomic E-state index is 0.0409. The van der Waals surface area contributed by atoms with E-state index in [2.05, 4.69) is 33.8 Å². The van der Waals surface area contributed by atoms with Crippen LogP contribution >= 0.6 is 0 Å². The van der Waals surface area contributed by atoms with Crippen LogP contribution in [0.1, 0.15) is 38.5 Å². The van der Waals surface area contributed by atoms with Crippen LogP contribution in [0.3, 0.4) is 0 Å². The zero-order chi connectivity index (χ0) is 20.6. The van der Waals surface area contributed by atoms with Gasteiger partial charge in [0.15, 0.2) is 0 Å². The zero-order valence-corrected chi connectivity index (χ0v) is 16.5. The van der Waals surface area contributed by atoms with E-state index in [-0.39, 0.29) is 23.8 Å². The van der Waals surface area contributed by atoms with Crippen molar-refractivity contribution in [3.8, 4) is 11.8 Å². The van der Waals surface area contributed by atoms with E-state index >= 15 is 0 Å². The number of nitrogens with two attached hydrogens (primary N) is 2. The molecule has 7 N–H and O–H groups in total. The molecule has 156 valence electrons. The summed E-state index contributed by atoms with van der Waals surface area (Å²) in [6.45, 7) is 1.09. The van der Waals surface area contributed by atoms with Gasteiger partial charge in [-0.15, -0.1) is 11.8 Å². The third-order valence-corrected chi connectivity index (χ3v) is 5.54. The molecule has 0 radical (unpaired) electrons. The number of ether oxygens (including phenoxy) is 1. The molecule has 0 aromatic carbocycles. The number of rotatable bonds is 7. The Kier molecular flexibility index (Phi) is 7.33. The lowest BCUT2D eigenvalue weighted by Gasteiger charge is -2.20. The number of nitrogens with one attached hydrogen (secondary N) is 2. The molecular formula is C21H29N5O3. The Morgan fingerprint density at radius 3 is 3.07 bits per heavy atom. The molecule has 1 unspecified atom stereocenters. The standard InChI is InChI=1S/C21H29N5O3/c22-25-20(26-23)6-4-2-1-3-5-18-15(12-24-21(18)28)13-29-16-8-9-17-14(11-16)7-10-19(17)27/h7-9,15,18-19,27H,2,4-6,10-13,22-23H2,(H,24,28)(H,25,26)/t15-,18-,19?/m1/s1. The van der Waals surface area contributed by atoms with Crippen LogP contribution in [0.25, 0.3) is 0 Å². The number of carbonyl (C=O) groups excluding carboxylic acids is 1. The van der Waals surface area contributed by atoms with Crippen molar-refractivity contribution in [2.24, 2.45) is 28.6 Å². The van der Waals surface area contributed by atoms with Crippen molar-refractivity contribution >= 4 is 11.7 Å². The van der Waals surface area contributed by atoms with E-state index in [4.69, 9.17) is 16.4 Å². The normalized spacial score (nSPS) is 25.9. The van der Waals surface area contributed by atoms with Crippen molar-refractivity contribution in [2.45, 2.75) is 44.6 Å². The van der Waals surface area contributed by atoms with Crippen molar-refractivity contribution in [1.29, 1.82) is 0 Å². The molecule has 1 fully saturated rings. The van der Waals surface area contributed by atoms with Gasteiger partial charge in [-0.25, -0.2) is 5.84 Å². The number of hydrazine groups is 1. The van der Waals surface area contributed by atoms with Crippen LogP contribution in [-0.2, 0) is 9.53 Å². The number of hydrogen-bond acceptors (Lipinski definition) is 6. The minimum atomic E-state index is -0.386. The molecule has 0 spiro atoms. The highest BCUT2D eigenvalue weighted by Gasteiger charge is 2.34. The molecule has 0 aromatic heterocycles. The van der Waals surface area contributed by atoms with Crippen molar-refractivity contribution < 1.29 is 14.6 Å². The van der Waals surface area contributed by atoms with Crippen molar-refractivity contribution in [2.75, 3.05) is 13.2 Å². The predicted octanol–water partition coefficient (Wildman–Crippen LogP) is 0.570. The van der Waals surface area contributed by atoms with Crippen LogP contribution in [-0.4, -0.2) is 36.1 Å². The second kappa shape index (κ2) is 10.1. The molecule has 1 saturated heterocycles. The summed E-state index contributed by atoms with van der Waals surface area (Å²) >= 11 is 0. The smallest absolute Gasteiger partial charge is 0.224 e. The quantitative estimate of drug-likeness (QED) is 0.106. The number of unbranched alkanes of at least 4 members (excludes halogenated alkanes) is 1. The van der Waals surface area contributed by atoms with Gasteiger partial charge in [0.1, 0.15) is 11.6 Å². The van der Waals surface area contributed by atoms with E-state index in [1.165, 1.54) is 0 Å². The fourth-order valence-electron chi connectivity index (χ4n) is 3.79. The predicted molar refractivity (Wildman–Crippen MR) is 111 cm³/mol. The Bertz CT molecular complexity index is 803. The molecule has 0 aromatic rings. The second-order valence-corrected chi connectivity index (χ2v) is 7.47. The number of amidine groups is 1. The number of nitrogens with zero attached hydrogens (tertiary/aromatic N) is 1. The topological polar surface area (TPSA) is 135 Å². The number of aliphatic hydroxyl groups is 1. The molecule has 3 atom stereocenters. The third kappa shape index (κ3) is 5.40. The molecule has 3 rings (SSSR count). The minimum Gasteiger partial charge on any atom is -0.497 e. The van der Waals surface area contributed by atoms with E-state index in [9.17, 15) is 9.90 Å². The van der Waals surface area contributed by atoms with Crippen molar-refractivity contribution in [3.05, 3.63) is 35.1 Å². The fourth-order valence-corrected chi connectivity index (χ4v) is 3.79. The van der Waals surface area contributed by atoms with Gasteiger partial charge in [0.05, 0.1) is 18.6 Å². The summed E-state index contributed by atoms with van der Waals surface area (Å²) in [5.74, 6) is 18.1. The summed E-state index contributed by atoms with van der Waals surface area (Å²) in [6.07, 6.45) is 9.57. The van der Waals surface area contributed by atoms with Gasteiger partial charge in [-0.3, -0.25) is 4.79 Å². The lowest BCUT2D eigenvalue weighted by Crippen LogP contribution is -2.31. The first-order valence-corrected chi connectivity index (χ1v) is 10.00. The second-order valence-electron chi connectivity index (χ2n) is 7.47. The lowest BCUT2D eigenvalue weighted by molar-refractivity contribution is -0.123. The van der Waals surface area contributed by atoms with Crippen LogP contribution in [0, 0.1) is 23.7 Å². The maximum Gasteiger partial charge on any atom is 0.224 e. The number of allylic oxidation sites excluding steroid dienone is 3. The van der Waals surface area contributed by atoms with E-state index in [1.807, 2.05) is 12.2 Å². The number of amides is 1. The first-order chi connectivity index (χ1) is 14.1. The number of aliphatic hydroxyl groups excluding tert-OH is 1. The summed E-state index contributed by atoms with van der Waals surface area (Å²) in [6, 6.07) is 0. The Morgan fingerprint density at radius 2 is 2.28 bits per heavy atom. The Morgan fingerprint density at radius 1 is 1.41 bits per heavy atom. The number of fused-ring (bicyclic) bond motifs is 1. The molecule has 0 bridgehead atoms. The van der Waals surface area contributed by atoms with Crippen LogP contribution in [0.4, 0.5) is 0 Å². The van der Waals surface area contributed by atoms with Gasteiger partial charge in [-0.1, -0.05) is 12.2 Å². The van der Waals surface area contributed by atoms with Gasteiger partial charge in [0.2, 0.25) is 5.91 Å². The molecule has 29 heavy (non-hydrogen) atoms. The molecule has 1 aliphatic heterocycles. The number of hydrazone groups is 1. The van der Waals surface area contributed by atoms with Crippen LogP contribution in [0.15, 0.2) is 40.2 Å². The first-order valence-electron chi connectivity index (χ1n) is 10.00. The maximum absolute atomic E-state index is 12.2. The Hall–Kier alpha value is -2.76. The van der Waals surface area contributed by atoms with Crippen LogP contribution in [0.2, 0.25) is 0 Å². The molecule has 3 aliphatic rings. The van der Waals surface area contributed by atoms with Crippen molar-refractivity contribution in [1.82, 2.24) is 10.7 Å². The van der Waals surface area contributed by atoms with Gasteiger partial charge in [-0.05, 0) is 30.1 Å². The summed E-state index contributed by atoms with van der Waals surface area (Å²) < 4.78 is 5.99. The monoisotopic (exact) mass is 399 g/mol. The molecule has 1 heterocycles. The summed E-state index contributed by atoms with van der Waals surface area (Å²) in [5.41, 5.74) is 4.58. The van der Waals surface area contributed by atoms with E-state index in [1.54, 1.807) is 0 Å². The van der Waals surface area contributed by atoms with Crippen LogP contribution < -0.4 is 22.4 Å². The Labute approximate surface area is 171 Å². The average molecular weight is 399 g/mol. The fraction of sp³-hybridized carbons (Fsp3) is 0.524. The molecule has 2 aliphatic carbocycles. The lowest BCUT2D eigenvalue weighted by atomic mass is 9.93. The SMILES string of the molecule is N/N=C(/CCCC#CC[C@H]1C(=O)NC[C@@H]1COC1=CC=C2C(=CCC2O)C1)NN. The van der Waals surface area contributed by atoms with E-state index in [0.717, 1.165) is 23.3 Å². The van der Waals surface area contributed by atoms with Gasteiger partial charge in [0, 0.05) is 38.1 Å². The molecule has 8 heteroatoms. The van der Waals surface area contributed by atoms with E-state index < -0.39 is 0 Å².